The number of benzene rings is 1. The number of hydrogen-bond donors (Lipinski definition) is 1. The molecule has 1 aromatic rings. The highest BCUT2D eigenvalue weighted by atomic mass is 16.5. The summed E-state index contributed by atoms with van der Waals surface area (Å²) in [6, 6.07) is 8.70. The third-order valence-electron chi connectivity index (χ3n) is 3.42. The Labute approximate surface area is 109 Å². The Morgan fingerprint density at radius 1 is 1.06 bits per heavy atom. The number of hydrogen-bond acceptors (Lipinski definition) is 2. The maximum Gasteiger partial charge on any atom is 0.137 e. The molecule has 1 saturated carbocycles. The lowest BCUT2D eigenvalue weighted by atomic mass is 10.2. The number of ether oxygens (including phenoxy) is 2. The van der Waals surface area contributed by atoms with Gasteiger partial charge in [0, 0.05) is 0 Å². The van der Waals surface area contributed by atoms with E-state index in [1.165, 1.54) is 25.7 Å². The lowest BCUT2D eigenvalue weighted by Gasteiger charge is -2.10. The van der Waals surface area contributed by atoms with E-state index in [-0.39, 0.29) is 0 Å². The van der Waals surface area contributed by atoms with Gasteiger partial charge < -0.3 is 14.8 Å². The van der Waals surface area contributed by atoms with E-state index in [4.69, 9.17) is 9.47 Å². The van der Waals surface area contributed by atoms with Gasteiger partial charge in [-0.3, -0.25) is 0 Å². The van der Waals surface area contributed by atoms with Crippen LogP contribution in [0.5, 0.6) is 11.5 Å². The topological polar surface area (TPSA) is 35.1 Å². The molecule has 0 saturated heterocycles. The van der Waals surface area contributed by atoms with Crippen LogP contribution < -0.4 is 14.8 Å². The van der Waals surface area contributed by atoms with Crippen LogP contribution in [0.2, 0.25) is 0 Å². The van der Waals surface area contributed by atoms with Crippen molar-refractivity contribution in [1.29, 1.82) is 0 Å². The van der Waals surface area contributed by atoms with Crippen LogP contribution in [0.25, 0.3) is 0 Å². The molecule has 3 nitrogen and oxygen atoms in total. The van der Waals surface area contributed by atoms with Crippen molar-refractivity contribution in [2.45, 2.75) is 38.6 Å². The predicted octanol–water partition coefficient (Wildman–Crippen LogP) is 1.97. The molecule has 2 rings (SSSR count). The maximum absolute atomic E-state index is 5.71. The summed E-state index contributed by atoms with van der Waals surface area (Å²) in [5.74, 6) is 1.83. The minimum atomic E-state index is 0.705. The Balaban J connectivity index is 1.63. The number of nitrogens with two attached hydrogens (primary N) is 1. The molecule has 1 fully saturated rings. The van der Waals surface area contributed by atoms with E-state index in [0.29, 0.717) is 6.61 Å². The normalized spacial score (nSPS) is 15.8. The molecular formula is C15H24NO2+. The van der Waals surface area contributed by atoms with E-state index in [9.17, 15) is 0 Å². The van der Waals surface area contributed by atoms with Crippen LogP contribution in [0.3, 0.4) is 0 Å². The van der Waals surface area contributed by atoms with E-state index in [1.807, 2.05) is 31.2 Å². The van der Waals surface area contributed by atoms with Crippen LogP contribution >= 0.6 is 0 Å². The Morgan fingerprint density at radius 3 is 2.28 bits per heavy atom. The molecule has 2 N–H and O–H groups in total. The van der Waals surface area contributed by atoms with Gasteiger partial charge in [-0.15, -0.1) is 0 Å². The van der Waals surface area contributed by atoms with Crippen LogP contribution in [0.1, 0.15) is 32.6 Å². The Morgan fingerprint density at radius 2 is 1.67 bits per heavy atom. The minimum Gasteiger partial charge on any atom is -0.494 e. The van der Waals surface area contributed by atoms with Gasteiger partial charge in [-0.05, 0) is 56.9 Å². The average molecular weight is 250 g/mol. The van der Waals surface area contributed by atoms with Crippen molar-refractivity contribution in [3.05, 3.63) is 24.3 Å². The van der Waals surface area contributed by atoms with Crippen molar-refractivity contribution in [1.82, 2.24) is 0 Å². The van der Waals surface area contributed by atoms with Crippen molar-refractivity contribution < 1.29 is 14.8 Å². The van der Waals surface area contributed by atoms with Gasteiger partial charge in [0.15, 0.2) is 0 Å². The largest absolute Gasteiger partial charge is 0.494 e. The van der Waals surface area contributed by atoms with Gasteiger partial charge >= 0.3 is 0 Å². The summed E-state index contributed by atoms with van der Waals surface area (Å²) in [7, 11) is 0. The summed E-state index contributed by atoms with van der Waals surface area (Å²) in [6.07, 6.45) is 5.56. The summed E-state index contributed by atoms with van der Waals surface area (Å²) in [6.45, 7) is 4.53. The van der Waals surface area contributed by atoms with E-state index in [1.54, 1.807) is 0 Å². The summed E-state index contributed by atoms with van der Waals surface area (Å²) >= 11 is 0. The molecule has 1 aliphatic carbocycles. The third-order valence-corrected chi connectivity index (χ3v) is 3.42. The van der Waals surface area contributed by atoms with E-state index < -0.39 is 0 Å². The quantitative estimate of drug-likeness (QED) is 0.751. The van der Waals surface area contributed by atoms with Crippen molar-refractivity contribution in [3.63, 3.8) is 0 Å². The summed E-state index contributed by atoms with van der Waals surface area (Å²) in [5, 5.41) is 2.43. The fraction of sp³-hybridized carbons (Fsp3) is 0.600. The molecule has 0 unspecified atom stereocenters. The van der Waals surface area contributed by atoms with Crippen molar-refractivity contribution in [2.24, 2.45) is 0 Å². The first kappa shape index (κ1) is 13.2. The highest BCUT2D eigenvalue weighted by Crippen LogP contribution is 2.17. The molecule has 3 heteroatoms. The Bertz CT molecular complexity index is 331. The summed E-state index contributed by atoms with van der Waals surface area (Å²) < 4.78 is 11.1. The second-order valence-corrected chi connectivity index (χ2v) is 4.82. The van der Waals surface area contributed by atoms with Crippen LogP contribution in [0, 0.1) is 0 Å². The first-order valence-electron chi connectivity index (χ1n) is 7.07. The number of quaternary nitrogens is 1. The van der Waals surface area contributed by atoms with Gasteiger partial charge in [0.25, 0.3) is 0 Å². The van der Waals surface area contributed by atoms with Crippen molar-refractivity contribution >= 4 is 0 Å². The molecule has 100 valence electrons. The monoisotopic (exact) mass is 250 g/mol. The van der Waals surface area contributed by atoms with Crippen LogP contribution in [-0.2, 0) is 0 Å². The van der Waals surface area contributed by atoms with Gasteiger partial charge in [0.05, 0.1) is 12.6 Å². The third kappa shape index (κ3) is 4.22. The SMILES string of the molecule is CCOc1ccc(OCC[NH2+]C2CCCC2)cc1. The highest BCUT2D eigenvalue weighted by molar-refractivity contribution is 5.31. The van der Waals surface area contributed by atoms with Gasteiger partial charge in [-0.2, -0.15) is 0 Å². The summed E-state index contributed by atoms with van der Waals surface area (Å²) in [5.41, 5.74) is 0. The van der Waals surface area contributed by atoms with Crippen LogP contribution in [-0.4, -0.2) is 25.8 Å². The molecule has 0 amide bonds. The molecular weight excluding hydrogens is 226 g/mol. The molecule has 0 bridgehead atoms. The summed E-state index contributed by atoms with van der Waals surface area (Å²) in [4.78, 5) is 0. The van der Waals surface area contributed by atoms with Gasteiger partial charge in [-0.1, -0.05) is 0 Å². The molecule has 0 radical (unpaired) electrons. The first-order valence-corrected chi connectivity index (χ1v) is 7.07. The van der Waals surface area contributed by atoms with E-state index in [0.717, 1.165) is 30.7 Å². The number of rotatable bonds is 7. The Hall–Kier alpha value is -1.22. The van der Waals surface area contributed by atoms with Gasteiger partial charge in [-0.25, -0.2) is 0 Å². The van der Waals surface area contributed by atoms with Crippen LogP contribution in [0.15, 0.2) is 24.3 Å². The molecule has 18 heavy (non-hydrogen) atoms. The zero-order chi connectivity index (χ0) is 12.6. The first-order chi connectivity index (χ1) is 8.88. The van der Waals surface area contributed by atoms with Crippen molar-refractivity contribution in [3.8, 4) is 11.5 Å². The van der Waals surface area contributed by atoms with E-state index in [2.05, 4.69) is 5.32 Å². The standard InChI is InChI=1S/C15H23NO2/c1-2-17-14-7-9-15(10-8-14)18-12-11-16-13-5-3-4-6-13/h7-10,13,16H,2-6,11-12H2,1H3/p+1. The molecule has 0 aliphatic heterocycles. The van der Waals surface area contributed by atoms with Gasteiger partial charge in [0.1, 0.15) is 24.7 Å². The molecule has 0 heterocycles. The Kier molecular flexibility index (Phi) is 5.34. The van der Waals surface area contributed by atoms with Gasteiger partial charge in [0.2, 0.25) is 0 Å². The minimum absolute atomic E-state index is 0.705. The lowest BCUT2D eigenvalue weighted by molar-refractivity contribution is -0.688. The highest BCUT2D eigenvalue weighted by Gasteiger charge is 2.16. The predicted molar refractivity (Wildman–Crippen MR) is 72.2 cm³/mol. The van der Waals surface area contributed by atoms with Crippen LogP contribution in [0.4, 0.5) is 0 Å². The fourth-order valence-corrected chi connectivity index (χ4v) is 2.47. The molecule has 0 atom stereocenters. The van der Waals surface area contributed by atoms with E-state index >= 15 is 0 Å². The maximum atomic E-state index is 5.71. The second-order valence-electron chi connectivity index (χ2n) is 4.82. The fourth-order valence-electron chi connectivity index (χ4n) is 2.47. The second kappa shape index (κ2) is 7.27. The molecule has 0 aromatic heterocycles. The smallest absolute Gasteiger partial charge is 0.137 e. The average Bonchev–Trinajstić information content (AvgIpc) is 2.90. The molecule has 1 aliphatic rings. The van der Waals surface area contributed by atoms with Crippen molar-refractivity contribution in [2.75, 3.05) is 19.8 Å². The molecule has 1 aromatic carbocycles. The lowest BCUT2D eigenvalue weighted by Crippen LogP contribution is -2.90. The zero-order valence-electron chi connectivity index (χ0n) is 11.2. The molecule has 0 spiro atoms. The zero-order valence-corrected chi connectivity index (χ0v) is 11.2.